The van der Waals surface area contributed by atoms with Crippen LogP contribution < -0.4 is 5.32 Å². The summed E-state index contributed by atoms with van der Waals surface area (Å²) >= 11 is 0. The van der Waals surface area contributed by atoms with Gasteiger partial charge in [-0.3, -0.25) is 9.59 Å². The van der Waals surface area contributed by atoms with E-state index in [0.29, 0.717) is 12.8 Å². The van der Waals surface area contributed by atoms with Crippen LogP contribution in [0.25, 0.3) is 0 Å². The van der Waals surface area contributed by atoms with Crippen LogP contribution in [0.2, 0.25) is 0 Å². The Kier molecular flexibility index (Phi) is 2.59. The second-order valence-corrected chi connectivity index (χ2v) is 2.64. The van der Waals surface area contributed by atoms with Crippen molar-refractivity contribution in [1.29, 1.82) is 0 Å². The Labute approximate surface area is 64.6 Å². The second kappa shape index (κ2) is 3.48. The summed E-state index contributed by atoms with van der Waals surface area (Å²) in [6.07, 6.45) is 1.89. The summed E-state index contributed by atoms with van der Waals surface area (Å²) in [6.45, 7) is -0.481. The number of nitrogens with one attached hydrogen (secondary N) is 1. The van der Waals surface area contributed by atoms with Gasteiger partial charge in [0.25, 0.3) is 0 Å². The standard InChI is InChI=1S/C7H11NO3/c9-4-6(10)5-2-1-3-7(11)8-5/h5,9H,1-4H2,(H,8,11)/t5-/m0/s1. The normalized spacial score (nSPS) is 24.5. The van der Waals surface area contributed by atoms with Crippen molar-refractivity contribution in [3.8, 4) is 0 Å². The van der Waals surface area contributed by atoms with Crippen molar-refractivity contribution in [3.63, 3.8) is 0 Å². The zero-order valence-electron chi connectivity index (χ0n) is 6.17. The first-order valence-corrected chi connectivity index (χ1v) is 3.67. The van der Waals surface area contributed by atoms with Crippen LogP contribution >= 0.6 is 0 Å². The lowest BCUT2D eigenvalue weighted by Crippen LogP contribution is -2.45. The van der Waals surface area contributed by atoms with E-state index in [1.807, 2.05) is 0 Å². The number of Topliss-reactive ketones (excluding diaryl/α,β-unsaturated/α-hetero) is 1. The van der Waals surface area contributed by atoms with Gasteiger partial charge in [0.2, 0.25) is 5.91 Å². The zero-order valence-corrected chi connectivity index (χ0v) is 6.17. The third-order valence-corrected chi connectivity index (χ3v) is 1.78. The fraction of sp³-hybridized carbons (Fsp3) is 0.714. The van der Waals surface area contributed by atoms with Crippen LogP contribution in [0.15, 0.2) is 0 Å². The van der Waals surface area contributed by atoms with Gasteiger partial charge >= 0.3 is 0 Å². The number of hydrogen-bond donors (Lipinski definition) is 2. The first-order chi connectivity index (χ1) is 5.24. The van der Waals surface area contributed by atoms with E-state index < -0.39 is 12.6 Å². The molecule has 62 valence electrons. The highest BCUT2D eigenvalue weighted by Gasteiger charge is 2.23. The van der Waals surface area contributed by atoms with Crippen LogP contribution in [0.4, 0.5) is 0 Å². The third kappa shape index (κ3) is 2.01. The van der Waals surface area contributed by atoms with Crippen LogP contribution in [0.3, 0.4) is 0 Å². The highest BCUT2D eigenvalue weighted by Crippen LogP contribution is 2.08. The quantitative estimate of drug-likeness (QED) is 0.552. The molecule has 2 N–H and O–H groups in total. The molecule has 1 atom stereocenters. The van der Waals surface area contributed by atoms with E-state index in [9.17, 15) is 9.59 Å². The molecule has 1 aliphatic heterocycles. The van der Waals surface area contributed by atoms with E-state index in [1.165, 1.54) is 0 Å². The van der Waals surface area contributed by atoms with Crippen molar-refractivity contribution in [1.82, 2.24) is 5.32 Å². The van der Waals surface area contributed by atoms with Gasteiger partial charge in [0, 0.05) is 6.42 Å². The smallest absolute Gasteiger partial charge is 0.220 e. The maximum atomic E-state index is 10.8. The number of aliphatic hydroxyl groups excluding tert-OH is 1. The predicted molar refractivity (Wildman–Crippen MR) is 37.9 cm³/mol. The summed E-state index contributed by atoms with van der Waals surface area (Å²) in [6, 6.07) is -0.443. The first-order valence-electron chi connectivity index (χ1n) is 3.67. The molecule has 0 aromatic carbocycles. The summed E-state index contributed by atoms with van der Waals surface area (Å²) in [5, 5.41) is 11.0. The first kappa shape index (κ1) is 8.20. The lowest BCUT2D eigenvalue weighted by atomic mass is 10.0. The molecular weight excluding hydrogens is 146 g/mol. The van der Waals surface area contributed by atoms with Gasteiger partial charge < -0.3 is 10.4 Å². The number of hydrogen-bond acceptors (Lipinski definition) is 3. The van der Waals surface area contributed by atoms with E-state index in [4.69, 9.17) is 5.11 Å². The van der Waals surface area contributed by atoms with Gasteiger partial charge in [-0.15, -0.1) is 0 Å². The topological polar surface area (TPSA) is 66.4 Å². The maximum absolute atomic E-state index is 10.8. The Morgan fingerprint density at radius 3 is 3.00 bits per heavy atom. The summed E-state index contributed by atoms with van der Waals surface area (Å²) in [7, 11) is 0. The van der Waals surface area contributed by atoms with Gasteiger partial charge in [0.15, 0.2) is 5.78 Å². The van der Waals surface area contributed by atoms with Crippen molar-refractivity contribution < 1.29 is 14.7 Å². The van der Waals surface area contributed by atoms with Gasteiger partial charge in [-0.25, -0.2) is 0 Å². The number of carbonyl (C=O) groups is 2. The molecule has 0 spiro atoms. The fourth-order valence-corrected chi connectivity index (χ4v) is 1.16. The minimum Gasteiger partial charge on any atom is -0.389 e. The molecule has 0 bridgehead atoms. The molecule has 4 heteroatoms. The number of ketones is 1. The van der Waals surface area contributed by atoms with Crippen molar-refractivity contribution in [3.05, 3.63) is 0 Å². The van der Waals surface area contributed by atoms with E-state index in [2.05, 4.69) is 5.32 Å². The average molecular weight is 157 g/mol. The number of aliphatic hydroxyl groups is 1. The zero-order chi connectivity index (χ0) is 8.27. The molecule has 1 saturated heterocycles. The minimum atomic E-state index is -0.481. The number of piperidine rings is 1. The van der Waals surface area contributed by atoms with Crippen molar-refractivity contribution in [2.75, 3.05) is 6.61 Å². The van der Waals surface area contributed by atoms with Gasteiger partial charge in [0.1, 0.15) is 6.61 Å². The molecule has 1 rings (SSSR count). The van der Waals surface area contributed by atoms with Gasteiger partial charge in [-0.2, -0.15) is 0 Å². The van der Waals surface area contributed by atoms with Crippen LogP contribution in [-0.4, -0.2) is 29.4 Å². The van der Waals surface area contributed by atoms with Gasteiger partial charge in [-0.05, 0) is 12.8 Å². The molecular formula is C7H11NO3. The fourth-order valence-electron chi connectivity index (χ4n) is 1.16. The molecule has 0 aliphatic carbocycles. The van der Waals surface area contributed by atoms with E-state index >= 15 is 0 Å². The maximum Gasteiger partial charge on any atom is 0.220 e. The molecule has 0 unspecified atom stereocenters. The SMILES string of the molecule is O=C1CCC[C@@H](C(=O)CO)N1. The number of rotatable bonds is 2. The van der Waals surface area contributed by atoms with Crippen molar-refractivity contribution in [2.24, 2.45) is 0 Å². The van der Waals surface area contributed by atoms with Gasteiger partial charge in [-0.1, -0.05) is 0 Å². The molecule has 1 fully saturated rings. The third-order valence-electron chi connectivity index (χ3n) is 1.78. The lowest BCUT2D eigenvalue weighted by molar-refractivity contribution is -0.131. The molecule has 1 aliphatic rings. The second-order valence-electron chi connectivity index (χ2n) is 2.64. The number of carbonyl (C=O) groups excluding carboxylic acids is 2. The Hall–Kier alpha value is -0.900. The van der Waals surface area contributed by atoms with Crippen molar-refractivity contribution >= 4 is 11.7 Å². The minimum absolute atomic E-state index is 0.0944. The molecule has 0 aromatic heterocycles. The predicted octanol–water partition coefficient (Wildman–Crippen LogP) is -0.784. The average Bonchev–Trinajstić information content (AvgIpc) is 2.03. The lowest BCUT2D eigenvalue weighted by Gasteiger charge is -2.20. The van der Waals surface area contributed by atoms with Crippen LogP contribution in [-0.2, 0) is 9.59 Å². The van der Waals surface area contributed by atoms with E-state index in [0.717, 1.165) is 6.42 Å². The Balaban J connectivity index is 2.45. The highest BCUT2D eigenvalue weighted by molar-refractivity contribution is 5.90. The molecule has 0 saturated carbocycles. The van der Waals surface area contributed by atoms with Gasteiger partial charge in [0.05, 0.1) is 6.04 Å². The molecule has 0 aromatic rings. The molecule has 11 heavy (non-hydrogen) atoms. The highest BCUT2D eigenvalue weighted by atomic mass is 16.3. The van der Waals surface area contributed by atoms with E-state index in [-0.39, 0.29) is 11.7 Å². The molecule has 1 amide bonds. The summed E-state index contributed by atoms with van der Waals surface area (Å²) in [5.74, 6) is -0.388. The largest absolute Gasteiger partial charge is 0.389 e. The Morgan fingerprint density at radius 1 is 1.73 bits per heavy atom. The summed E-state index contributed by atoms with van der Waals surface area (Å²) in [5.41, 5.74) is 0. The monoisotopic (exact) mass is 157 g/mol. The molecule has 4 nitrogen and oxygen atoms in total. The molecule has 0 radical (unpaired) electrons. The van der Waals surface area contributed by atoms with Crippen LogP contribution in [0, 0.1) is 0 Å². The number of amides is 1. The molecule has 1 heterocycles. The summed E-state index contributed by atoms with van der Waals surface area (Å²) in [4.78, 5) is 21.6. The van der Waals surface area contributed by atoms with E-state index in [1.54, 1.807) is 0 Å². The van der Waals surface area contributed by atoms with Crippen LogP contribution in [0.1, 0.15) is 19.3 Å². The Morgan fingerprint density at radius 2 is 2.45 bits per heavy atom. The Bertz CT molecular complexity index is 179. The van der Waals surface area contributed by atoms with Crippen LogP contribution in [0.5, 0.6) is 0 Å². The van der Waals surface area contributed by atoms with Crippen molar-refractivity contribution in [2.45, 2.75) is 25.3 Å². The summed E-state index contributed by atoms with van der Waals surface area (Å²) < 4.78 is 0.